The largest absolute Gasteiger partial charge is 0.493 e. The van der Waals surface area contributed by atoms with Crippen LogP contribution in [0.3, 0.4) is 0 Å². The molecule has 3 heterocycles. The highest BCUT2D eigenvalue weighted by Gasteiger charge is 2.64. The summed E-state index contributed by atoms with van der Waals surface area (Å²) in [6.45, 7) is -1.61. The van der Waals surface area contributed by atoms with Gasteiger partial charge in [0, 0.05) is 17.9 Å². The van der Waals surface area contributed by atoms with Crippen LogP contribution < -0.4 is 0 Å². The van der Waals surface area contributed by atoms with Crippen LogP contribution in [0.2, 0.25) is 0 Å². The molecular weight excluding hydrogens is 580 g/mol. The lowest BCUT2D eigenvalue weighted by Crippen LogP contribution is -2.72. The Balaban J connectivity index is 1.55. The first-order valence-corrected chi connectivity index (χ1v) is 14.6. The zero-order valence-electron chi connectivity index (χ0n) is 23.1. The molecule has 12 N–H and O–H groups in total. The van der Waals surface area contributed by atoms with Gasteiger partial charge in [-0.15, -0.1) is 0 Å². The van der Waals surface area contributed by atoms with Crippen molar-refractivity contribution < 1.29 is 80.3 Å². The number of aliphatic hydroxyl groups excluding tert-OH is 12. The van der Waals surface area contributed by atoms with E-state index in [1.807, 2.05) is 0 Å². The Morgan fingerprint density at radius 3 is 1.65 bits per heavy atom. The summed E-state index contributed by atoms with van der Waals surface area (Å²) >= 11 is 0. The molecule has 2 saturated heterocycles. The number of ether oxygens (including phenoxy) is 3. The van der Waals surface area contributed by atoms with Crippen LogP contribution in [0, 0.1) is 23.7 Å². The number of ketones is 1. The van der Waals surface area contributed by atoms with Crippen molar-refractivity contribution in [2.45, 2.75) is 111 Å². The van der Waals surface area contributed by atoms with Crippen molar-refractivity contribution in [3.8, 4) is 0 Å². The van der Waals surface area contributed by atoms with Gasteiger partial charge in [-0.1, -0.05) is 0 Å². The first-order valence-electron chi connectivity index (χ1n) is 14.6. The third-order valence-electron chi connectivity index (χ3n) is 9.97. The van der Waals surface area contributed by atoms with Gasteiger partial charge in [0.05, 0.1) is 61.7 Å². The van der Waals surface area contributed by atoms with Gasteiger partial charge in [-0.25, -0.2) is 0 Å². The first-order chi connectivity index (χ1) is 20.3. The maximum atomic E-state index is 13.7. The number of fused-ring (bicyclic) bond motifs is 1. The van der Waals surface area contributed by atoms with Crippen molar-refractivity contribution in [2.75, 3.05) is 13.2 Å². The molecule has 5 rings (SSSR count). The second kappa shape index (κ2) is 12.8. The minimum Gasteiger partial charge on any atom is -0.493 e. The average molecular weight is 623 g/mol. The van der Waals surface area contributed by atoms with E-state index in [-0.39, 0.29) is 18.6 Å². The molecule has 0 aromatic rings. The van der Waals surface area contributed by atoms with E-state index in [2.05, 4.69) is 0 Å². The third kappa shape index (κ3) is 5.65. The summed E-state index contributed by atoms with van der Waals surface area (Å²) in [6.07, 6.45) is -22.7. The van der Waals surface area contributed by atoms with Gasteiger partial charge in [0.1, 0.15) is 60.7 Å². The number of hydrogen-bond acceptors (Lipinski definition) is 16. The summed E-state index contributed by atoms with van der Waals surface area (Å²) in [6, 6.07) is 0. The zero-order valence-corrected chi connectivity index (χ0v) is 23.1. The number of carbonyl (C=O) groups is 1. The van der Waals surface area contributed by atoms with E-state index in [0.29, 0.717) is 6.42 Å². The summed E-state index contributed by atoms with van der Waals surface area (Å²) < 4.78 is 17.6. The Labute approximate surface area is 246 Å². The van der Waals surface area contributed by atoms with E-state index >= 15 is 0 Å². The Kier molecular flexibility index (Phi) is 9.83. The summed E-state index contributed by atoms with van der Waals surface area (Å²) in [4.78, 5) is 13.7. The molecule has 19 atom stereocenters. The number of hydrogen-bond donors (Lipinski definition) is 12. The van der Waals surface area contributed by atoms with Gasteiger partial charge in [0.25, 0.3) is 0 Å². The summed E-state index contributed by atoms with van der Waals surface area (Å²) in [5.41, 5.74) is 0. The van der Waals surface area contributed by atoms with E-state index in [1.54, 1.807) is 0 Å². The van der Waals surface area contributed by atoms with Gasteiger partial charge in [0.2, 0.25) is 0 Å². The molecule has 16 nitrogen and oxygen atoms in total. The minimum absolute atomic E-state index is 0.0426. The Bertz CT molecular complexity index is 1020. The Hall–Kier alpha value is -1.35. The highest BCUT2D eigenvalue weighted by Crippen LogP contribution is 2.49. The normalized spacial score (nSPS) is 54.4. The van der Waals surface area contributed by atoms with Crippen LogP contribution in [0.1, 0.15) is 19.3 Å². The SMILES string of the molecule is O=C1C=C(C2CCC(O)C(O)C2)OC2C1C(O)C(C1OC(CO)C(O)C(O)C1O)C(O)C2C1OC(CO)C(O)C(O)C1O. The lowest BCUT2D eigenvalue weighted by molar-refractivity contribution is -0.299. The molecular formula is C27H42O16. The molecule has 16 heteroatoms. The van der Waals surface area contributed by atoms with E-state index in [1.165, 1.54) is 0 Å². The van der Waals surface area contributed by atoms with Crippen LogP contribution in [0.5, 0.6) is 0 Å². The molecule has 4 fully saturated rings. The molecule has 5 aliphatic rings. The average Bonchev–Trinajstić information content (AvgIpc) is 2.98. The number of aliphatic hydroxyl groups is 12. The molecule has 2 aliphatic carbocycles. The smallest absolute Gasteiger partial charge is 0.168 e. The molecule has 0 aromatic heterocycles. The van der Waals surface area contributed by atoms with Gasteiger partial charge < -0.3 is 75.5 Å². The van der Waals surface area contributed by atoms with Crippen LogP contribution in [0.25, 0.3) is 0 Å². The van der Waals surface area contributed by atoms with Crippen LogP contribution >= 0.6 is 0 Å². The van der Waals surface area contributed by atoms with Crippen molar-refractivity contribution in [3.63, 3.8) is 0 Å². The van der Waals surface area contributed by atoms with Crippen LogP contribution in [-0.2, 0) is 19.0 Å². The first kappa shape index (κ1) is 33.0. The summed E-state index contributed by atoms with van der Waals surface area (Å²) in [5.74, 6) is -5.71. The van der Waals surface area contributed by atoms with Crippen molar-refractivity contribution in [1.82, 2.24) is 0 Å². The fourth-order valence-electron chi connectivity index (χ4n) is 7.51. The highest BCUT2D eigenvalue weighted by atomic mass is 16.6. The van der Waals surface area contributed by atoms with Crippen molar-refractivity contribution in [2.24, 2.45) is 23.7 Å². The van der Waals surface area contributed by atoms with E-state index < -0.39 is 134 Å². The minimum atomic E-state index is -1.92. The fraction of sp³-hybridized carbons (Fsp3) is 0.889. The van der Waals surface area contributed by atoms with Crippen molar-refractivity contribution >= 4 is 5.78 Å². The van der Waals surface area contributed by atoms with Crippen LogP contribution in [0.4, 0.5) is 0 Å². The van der Waals surface area contributed by atoms with Gasteiger partial charge in [-0.05, 0) is 19.3 Å². The maximum absolute atomic E-state index is 13.7. The second-order valence-corrected chi connectivity index (χ2v) is 12.4. The van der Waals surface area contributed by atoms with E-state index in [0.717, 1.165) is 6.08 Å². The molecule has 0 aromatic carbocycles. The van der Waals surface area contributed by atoms with E-state index in [9.17, 15) is 66.1 Å². The van der Waals surface area contributed by atoms with Gasteiger partial charge in [-0.2, -0.15) is 0 Å². The number of allylic oxidation sites excluding steroid dienone is 2. The predicted octanol–water partition coefficient (Wildman–Crippen LogP) is -6.37. The second-order valence-electron chi connectivity index (χ2n) is 12.4. The molecule has 43 heavy (non-hydrogen) atoms. The molecule has 0 spiro atoms. The molecule has 2 saturated carbocycles. The van der Waals surface area contributed by atoms with Gasteiger partial charge >= 0.3 is 0 Å². The number of carbonyl (C=O) groups excluding carboxylic acids is 1. The maximum Gasteiger partial charge on any atom is 0.168 e. The standard InChI is InChI=1S/C27H42O16/c28-5-12-17(33)21(37)23(39)26(42-12)15-19(35)14-10(32)4-11(7-1-2-8(30)9(31)3-7)41-25(14)16(20(15)36)27-24(40)22(38)18(34)13(6-29)43-27/h4,7-9,12-31,33-40H,1-3,5-6H2. The predicted molar refractivity (Wildman–Crippen MR) is 137 cm³/mol. The fourth-order valence-corrected chi connectivity index (χ4v) is 7.51. The monoisotopic (exact) mass is 622 g/mol. The van der Waals surface area contributed by atoms with E-state index in [4.69, 9.17) is 14.2 Å². The third-order valence-corrected chi connectivity index (χ3v) is 9.97. The Morgan fingerprint density at radius 1 is 0.605 bits per heavy atom. The molecule has 19 unspecified atom stereocenters. The molecule has 246 valence electrons. The quantitative estimate of drug-likeness (QED) is 0.136. The van der Waals surface area contributed by atoms with Crippen LogP contribution in [-0.4, -0.2) is 172 Å². The topological polar surface area (TPSA) is 288 Å². The Morgan fingerprint density at radius 2 is 1.14 bits per heavy atom. The zero-order chi connectivity index (χ0) is 31.5. The van der Waals surface area contributed by atoms with Crippen molar-refractivity contribution in [1.29, 1.82) is 0 Å². The van der Waals surface area contributed by atoms with Gasteiger partial charge in [-0.3, -0.25) is 4.79 Å². The number of rotatable bonds is 5. The van der Waals surface area contributed by atoms with Crippen LogP contribution in [0.15, 0.2) is 11.8 Å². The summed E-state index contributed by atoms with van der Waals surface area (Å²) in [7, 11) is 0. The van der Waals surface area contributed by atoms with Crippen molar-refractivity contribution in [3.05, 3.63) is 11.8 Å². The van der Waals surface area contributed by atoms with Gasteiger partial charge in [0.15, 0.2) is 5.78 Å². The summed E-state index contributed by atoms with van der Waals surface area (Å²) in [5, 5.41) is 126. The molecule has 3 aliphatic heterocycles. The highest BCUT2D eigenvalue weighted by molar-refractivity contribution is 5.94. The lowest BCUT2D eigenvalue weighted by Gasteiger charge is -2.56. The molecule has 0 radical (unpaired) electrons. The molecule has 0 bridgehead atoms. The molecule has 0 amide bonds. The lowest BCUT2D eigenvalue weighted by atomic mass is 9.61.